The number of likely N-dealkylation sites (tertiary alicyclic amines) is 1. The van der Waals surface area contributed by atoms with E-state index in [1.54, 1.807) is 0 Å². The molecule has 3 N–H and O–H groups in total. The molecule has 9 aliphatic rings. The third-order valence-corrected chi connectivity index (χ3v) is 10.2. The number of hydrogen-bond acceptors (Lipinski definition) is 4. The number of nitrogens with zero attached hydrogens (tertiary/aromatic N) is 1. The van der Waals surface area contributed by atoms with Crippen molar-refractivity contribution in [1.82, 2.24) is 4.90 Å². The zero-order valence-corrected chi connectivity index (χ0v) is 20.7. The van der Waals surface area contributed by atoms with Gasteiger partial charge in [-0.15, -0.1) is 0 Å². The zero-order valence-electron chi connectivity index (χ0n) is 20.7. The Balaban J connectivity index is 0.000000117. The van der Waals surface area contributed by atoms with Crippen molar-refractivity contribution in [2.75, 3.05) is 13.1 Å². The number of nitrogens with two attached hydrogens (primary N) is 1. The van der Waals surface area contributed by atoms with Gasteiger partial charge in [0.1, 0.15) is 5.78 Å². The predicted molar refractivity (Wildman–Crippen MR) is 130 cm³/mol. The second kappa shape index (κ2) is 10.3. The number of carbonyl (C=O) groups excluding carboxylic acids is 2. The van der Waals surface area contributed by atoms with Crippen LogP contribution in [-0.4, -0.2) is 46.8 Å². The van der Waals surface area contributed by atoms with E-state index in [9.17, 15) is 14.4 Å². The molecule has 1 heterocycles. The molecule has 0 aromatic rings. The standard InChI is InChI=1S/C14H21NO.C10H14O.C4H9NO2/c16-13-2-1-3-15(13)14-11-5-9-4-10(7-11)8-12(14)6-9;11-10-8-2-6-1-7(4-8)5-9(10)3-6;5-3-1-2-4(6)7/h9-12,14H,1-8H2;6-9H,1-5H2;1-3,5H2,(H,6,7). The highest BCUT2D eigenvalue weighted by Gasteiger charge is 2.51. The molecule has 0 atom stereocenters. The Morgan fingerprint density at radius 2 is 1.32 bits per heavy atom. The van der Waals surface area contributed by atoms with Gasteiger partial charge < -0.3 is 15.7 Å². The van der Waals surface area contributed by atoms with Crippen molar-refractivity contribution in [3.05, 3.63) is 0 Å². The van der Waals surface area contributed by atoms with Crippen LogP contribution >= 0.6 is 0 Å². The molecule has 0 aromatic heterocycles. The average molecular weight is 473 g/mol. The first-order valence-corrected chi connectivity index (χ1v) is 14.2. The first kappa shape index (κ1) is 24.3. The van der Waals surface area contributed by atoms with E-state index in [-0.39, 0.29) is 6.42 Å². The summed E-state index contributed by atoms with van der Waals surface area (Å²) in [4.78, 5) is 35.5. The highest BCUT2D eigenvalue weighted by atomic mass is 16.4. The summed E-state index contributed by atoms with van der Waals surface area (Å²) >= 11 is 0. The van der Waals surface area contributed by atoms with E-state index in [0.717, 1.165) is 54.9 Å². The third kappa shape index (κ3) is 5.08. The number of amides is 1. The normalized spacial score (nSPS) is 42.9. The molecule has 1 aliphatic heterocycles. The van der Waals surface area contributed by atoms with Gasteiger partial charge in [0.25, 0.3) is 0 Å². The molecule has 0 spiro atoms. The molecule has 1 amide bonds. The van der Waals surface area contributed by atoms with E-state index in [0.29, 0.717) is 42.5 Å². The minimum absolute atomic E-state index is 0.191. The Morgan fingerprint density at radius 3 is 1.71 bits per heavy atom. The van der Waals surface area contributed by atoms with Crippen LogP contribution in [0.1, 0.15) is 89.9 Å². The van der Waals surface area contributed by atoms with Crippen LogP contribution in [0, 0.1) is 47.3 Å². The van der Waals surface area contributed by atoms with E-state index in [1.165, 1.54) is 64.2 Å². The predicted octanol–water partition coefficient (Wildman–Crippen LogP) is 4.26. The maximum atomic E-state index is 11.9. The van der Waals surface area contributed by atoms with Gasteiger partial charge in [0.05, 0.1) is 0 Å². The van der Waals surface area contributed by atoms with Crippen LogP contribution in [0.25, 0.3) is 0 Å². The second-order valence-electron chi connectivity index (χ2n) is 12.6. The molecule has 34 heavy (non-hydrogen) atoms. The molecule has 9 rings (SSSR count). The Bertz CT molecular complexity index is 722. The number of carboxylic acids is 1. The molecule has 0 aromatic carbocycles. The number of aliphatic carboxylic acids is 1. The largest absolute Gasteiger partial charge is 0.481 e. The number of Topliss-reactive ketones (excluding diaryl/α,β-unsaturated/α-hetero) is 1. The molecule has 0 radical (unpaired) electrons. The van der Waals surface area contributed by atoms with Gasteiger partial charge in [-0.2, -0.15) is 0 Å². The Morgan fingerprint density at radius 1 is 0.824 bits per heavy atom. The van der Waals surface area contributed by atoms with Gasteiger partial charge in [0.15, 0.2) is 0 Å². The minimum atomic E-state index is -0.773. The summed E-state index contributed by atoms with van der Waals surface area (Å²) in [6, 6.07) is 0.655. The zero-order chi connectivity index (χ0) is 23.8. The molecule has 8 bridgehead atoms. The summed E-state index contributed by atoms with van der Waals surface area (Å²) in [5.41, 5.74) is 5.01. The lowest BCUT2D eigenvalue weighted by atomic mass is 9.54. The first-order valence-electron chi connectivity index (χ1n) is 14.2. The minimum Gasteiger partial charge on any atom is -0.481 e. The second-order valence-corrected chi connectivity index (χ2v) is 12.6. The number of ketones is 1. The van der Waals surface area contributed by atoms with Crippen molar-refractivity contribution in [2.24, 2.45) is 53.1 Å². The van der Waals surface area contributed by atoms with Gasteiger partial charge in [-0.1, -0.05) is 0 Å². The van der Waals surface area contributed by atoms with Crippen molar-refractivity contribution >= 4 is 17.7 Å². The number of carboxylic acid groups (broad SMARTS) is 1. The Kier molecular flexibility index (Phi) is 7.34. The lowest BCUT2D eigenvalue weighted by Gasteiger charge is -2.56. The van der Waals surface area contributed by atoms with E-state index < -0.39 is 5.97 Å². The van der Waals surface area contributed by atoms with Gasteiger partial charge in [-0.05, 0) is 119 Å². The average Bonchev–Trinajstić information content (AvgIpc) is 3.21. The van der Waals surface area contributed by atoms with Gasteiger partial charge in [-0.25, -0.2) is 0 Å². The monoisotopic (exact) mass is 472 g/mol. The summed E-state index contributed by atoms with van der Waals surface area (Å²) in [5.74, 6) is 6.99. The summed E-state index contributed by atoms with van der Waals surface area (Å²) in [7, 11) is 0. The van der Waals surface area contributed by atoms with Crippen molar-refractivity contribution in [3.63, 3.8) is 0 Å². The fourth-order valence-corrected chi connectivity index (χ4v) is 9.29. The van der Waals surface area contributed by atoms with Crippen molar-refractivity contribution in [3.8, 4) is 0 Å². The van der Waals surface area contributed by atoms with Gasteiger partial charge in [-0.3, -0.25) is 14.4 Å². The molecular weight excluding hydrogens is 428 g/mol. The number of carbonyl (C=O) groups is 3. The van der Waals surface area contributed by atoms with Crippen LogP contribution < -0.4 is 5.73 Å². The van der Waals surface area contributed by atoms with E-state index in [1.807, 2.05) is 0 Å². The third-order valence-electron chi connectivity index (χ3n) is 10.2. The summed E-state index contributed by atoms with van der Waals surface area (Å²) in [5, 5.41) is 7.99. The van der Waals surface area contributed by atoms with E-state index >= 15 is 0 Å². The number of rotatable bonds is 4. The molecule has 8 aliphatic carbocycles. The fourth-order valence-electron chi connectivity index (χ4n) is 9.29. The van der Waals surface area contributed by atoms with Crippen LogP contribution in [0.2, 0.25) is 0 Å². The SMILES string of the molecule is NCCCC(=O)O.O=C1C2CC3CC(C2)CC1C3.O=C1CCCN1C1C2CC3CC(C2)CC1C3. The van der Waals surface area contributed by atoms with Crippen LogP contribution in [0.15, 0.2) is 0 Å². The van der Waals surface area contributed by atoms with Crippen molar-refractivity contribution in [1.29, 1.82) is 0 Å². The quantitative estimate of drug-likeness (QED) is 0.637. The lowest BCUT2D eigenvalue weighted by molar-refractivity contribution is -0.140. The summed E-state index contributed by atoms with van der Waals surface area (Å²) in [6.07, 6.45) is 16.4. The van der Waals surface area contributed by atoms with Crippen LogP contribution in [-0.2, 0) is 14.4 Å². The highest BCUT2D eigenvalue weighted by molar-refractivity contribution is 5.85. The maximum Gasteiger partial charge on any atom is 0.303 e. The van der Waals surface area contributed by atoms with Gasteiger partial charge in [0.2, 0.25) is 5.91 Å². The van der Waals surface area contributed by atoms with Crippen molar-refractivity contribution in [2.45, 2.75) is 95.9 Å². The number of hydrogen-bond donors (Lipinski definition) is 2. The van der Waals surface area contributed by atoms with Crippen LogP contribution in [0.3, 0.4) is 0 Å². The topological polar surface area (TPSA) is 101 Å². The summed E-state index contributed by atoms with van der Waals surface area (Å²) < 4.78 is 0. The first-order chi connectivity index (χ1) is 16.4. The van der Waals surface area contributed by atoms with Gasteiger partial charge in [0, 0.05) is 37.3 Å². The Labute approximate surface area is 204 Å². The highest BCUT2D eigenvalue weighted by Crippen LogP contribution is 2.55. The molecule has 1 saturated heterocycles. The van der Waals surface area contributed by atoms with Crippen molar-refractivity contribution < 1.29 is 19.5 Å². The summed E-state index contributed by atoms with van der Waals surface area (Å²) in [6.45, 7) is 1.53. The molecule has 8 saturated carbocycles. The molecule has 9 fully saturated rings. The van der Waals surface area contributed by atoms with E-state index in [4.69, 9.17) is 10.8 Å². The molecular formula is C28H44N2O4. The molecule has 190 valence electrons. The smallest absolute Gasteiger partial charge is 0.303 e. The van der Waals surface area contributed by atoms with Crippen LogP contribution in [0.4, 0.5) is 0 Å². The fraction of sp³-hybridized carbons (Fsp3) is 0.893. The molecule has 0 unspecified atom stereocenters. The Hall–Kier alpha value is -1.43. The molecule has 6 heteroatoms. The lowest BCUT2D eigenvalue weighted by Crippen LogP contribution is -2.56. The maximum absolute atomic E-state index is 11.9. The molecule has 6 nitrogen and oxygen atoms in total. The van der Waals surface area contributed by atoms with Gasteiger partial charge >= 0.3 is 5.97 Å². The van der Waals surface area contributed by atoms with E-state index in [2.05, 4.69) is 4.90 Å². The van der Waals surface area contributed by atoms with Crippen LogP contribution in [0.5, 0.6) is 0 Å².